The van der Waals surface area contributed by atoms with Crippen LogP contribution in [0.1, 0.15) is 34.1 Å². The van der Waals surface area contributed by atoms with Gasteiger partial charge in [-0.25, -0.2) is 9.07 Å². The highest BCUT2D eigenvalue weighted by Gasteiger charge is 2.21. The van der Waals surface area contributed by atoms with Crippen molar-refractivity contribution in [3.05, 3.63) is 87.6 Å². The summed E-state index contributed by atoms with van der Waals surface area (Å²) in [4.78, 5) is 35.9. The van der Waals surface area contributed by atoms with Crippen LogP contribution in [0.2, 0.25) is 0 Å². The highest BCUT2D eigenvalue weighted by molar-refractivity contribution is 5.92. The second kappa shape index (κ2) is 8.22. The Hall–Kier alpha value is -4.19. The molecule has 0 aliphatic carbocycles. The molecule has 0 unspecified atom stereocenters. The van der Waals surface area contributed by atoms with Gasteiger partial charge in [-0.1, -0.05) is 18.2 Å². The number of nitrogens with one attached hydrogen (secondary N) is 2. The van der Waals surface area contributed by atoms with Gasteiger partial charge in [0.1, 0.15) is 11.5 Å². The molecule has 0 aliphatic heterocycles. The zero-order chi connectivity index (χ0) is 21.0. The lowest BCUT2D eigenvalue weighted by Gasteiger charge is -2.17. The van der Waals surface area contributed by atoms with Crippen molar-refractivity contribution in [1.29, 1.82) is 5.26 Å². The number of hydrogen-bond donors (Lipinski definition) is 3. The summed E-state index contributed by atoms with van der Waals surface area (Å²) < 4.78 is 14.4. The third kappa shape index (κ3) is 4.56. The molecule has 3 aromatic rings. The SMILES string of the molecule is N#Cc1ccc([C@H](CC(=O)O)NC(=O)c2cc(=O)n(-c3cccc(F)c3)[nH]2)cc1. The maximum absolute atomic E-state index is 13.4. The quantitative estimate of drug-likeness (QED) is 0.590. The van der Waals surface area contributed by atoms with E-state index in [1.54, 1.807) is 12.1 Å². The normalized spacial score (nSPS) is 11.4. The number of rotatable bonds is 6. The molecule has 0 aliphatic rings. The predicted octanol–water partition coefficient (Wildman–Crippen LogP) is 2.12. The van der Waals surface area contributed by atoms with Crippen LogP contribution in [-0.2, 0) is 4.79 Å². The van der Waals surface area contributed by atoms with Gasteiger partial charge >= 0.3 is 5.97 Å². The van der Waals surface area contributed by atoms with Gasteiger partial charge < -0.3 is 10.4 Å². The number of nitrogens with zero attached hydrogens (tertiary/aromatic N) is 2. The van der Waals surface area contributed by atoms with E-state index < -0.39 is 35.7 Å². The molecule has 1 amide bonds. The van der Waals surface area contributed by atoms with Crippen molar-refractivity contribution < 1.29 is 19.1 Å². The molecule has 0 saturated heterocycles. The summed E-state index contributed by atoms with van der Waals surface area (Å²) in [7, 11) is 0. The first-order valence-electron chi connectivity index (χ1n) is 8.48. The van der Waals surface area contributed by atoms with Gasteiger partial charge in [0.05, 0.1) is 29.8 Å². The van der Waals surface area contributed by atoms with Gasteiger partial charge in [0, 0.05) is 6.07 Å². The number of amides is 1. The number of hydrogen-bond acceptors (Lipinski definition) is 4. The fraction of sp³-hybridized carbons (Fsp3) is 0.100. The number of benzene rings is 2. The van der Waals surface area contributed by atoms with E-state index in [1.807, 2.05) is 6.07 Å². The van der Waals surface area contributed by atoms with Crippen LogP contribution in [0, 0.1) is 17.1 Å². The zero-order valence-corrected chi connectivity index (χ0v) is 14.9. The first-order valence-corrected chi connectivity index (χ1v) is 8.48. The van der Waals surface area contributed by atoms with Crippen molar-refractivity contribution in [3.8, 4) is 11.8 Å². The Kier molecular flexibility index (Phi) is 5.55. The number of carbonyl (C=O) groups excluding carboxylic acids is 1. The van der Waals surface area contributed by atoms with Crippen LogP contribution in [0.3, 0.4) is 0 Å². The smallest absolute Gasteiger partial charge is 0.305 e. The van der Waals surface area contributed by atoms with Crippen LogP contribution in [0.15, 0.2) is 59.4 Å². The van der Waals surface area contributed by atoms with Crippen molar-refractivity contribution in [2.75, 3.05) is 0 Å². The number of nitriles is 1. The molecular formula is C20H15FN4O4. The van der Waals surface area contributed by atoms with Crippen LogP contribution in [-0.4, -0.2) is 26.8 Å². The van der Waals surface area contributed by atoms with E-state index in [-0.39, 0.29) is 11.4 Å². The molecule has 146 valence electrons. The Morgan fingerprint density at radius 2 is 1.93 bits per heavy atom. The number of aliphatic carboxylic acids is 1. The first kappa shape index (κ1) is 19.6. The molecule has 1 aromatic heterocycles. The second-order valence-corrected chi connectivity index (χ2v) is 6.18. The molecular weight excluding hydrogens is 379 g/mol. The fourth-order valence-electron chi connectivity index (χ4n) is 2.77. The van der Waals surface area contributed by atoms with E-state index in [9.17, 15) is 18.8 Å². The van der Waals surface area contributed by atoms with E-state index in [2.05, 4.69) is 10.4 Å². The van der Waals surface area contributed by atoms with E-state index in [0.29, 0.717) is 11.1 Å². The summed E-state index contributed by atoms with van der Waals surface area (Å²) in [5, 5.41) is 23.2. The number of carboxylic acids is 1. The molecule has 0 radical (unpaired) electrons. The molecule has 0 fully saturated rings. The van der Waals surface area contributed by atoms with Crippen molar-refractivity contribution in [2.45, 2.75) is 12.5 Å². The third-order valence-corrected chi connectivity index (χ3v) is 4.16. The van der Waals surface area contributed by atoms with Crippen LogP contribution in [0.25, 0.3) is 5.69 Å². The Labute approximate surface area is 163 Å². The molecule has 0 bridgehead atoms. The van der Waals surface area contributed by atoms with Gasteiger partial charge in [0.2, 0.25) is 0 Å². The molecule has 1 atom stereocenters. The van der Waals surface area contributed by atoms with Gasteiger partial charge in [0.25, 0.3) is 11.5 Å². The highest BCUT2D eigenvalue weighted by atomic mass is 19.1. The van der Waals surface area contributed by atoms with Crippen LogP contribution in [0.4, 0.5) is 4.39 Å². The Bertz CT molecular complexity index is 1160. The number of aromatic nitrogens is 2. The molecule has 2 aromatic carbocycles. The van der Waals surface area contributed by atoms with Crippen LogP contribution >= 0.6 is 0 Å². The lowest BCUT2D eigenvalue weighted by atomic mass is 10.0. The molecule has 0 saturated carbocycles. The van der Waals surface area contributed by atoms with Gasteiger partial charge in [0.15, 0.2) is 0 Å². The Morgan fingerprint density at radius 1 is 1.21 bits per heavy atom. The summed E-state index contributed by atoms with van der Waals surface area (Å²) in [6.45, 7) is 0. The second-order valence-electron chi connectivity index (χ2n) is 6.18. The van der Waals surface area contributed by atoms with Crippen molar-refractivity contribution in [1.82, 2.24) is 15.1 Å². The zero-order valence-electron chi connectivity index (χ0n) is 14.9. The molecule has 9 heteroatoms. The highest BCUT2D eigenvalue weighted by Crippen LogP contribution is 2.18. The number of halogens is 1. The van der Waals surface area contributed by atoms with E-state index in [0.717, 1.165) is 16.8 Å². The maximum atomic E-state index is 13.4. The standard InChI is InChI=1S/C20H15FN4O4/c21-14-2-1-3-15(8-14)25-18(26)9-17(24-25)20(29)23-16(10-19(27)28)13-6-4-12(11-22)5-7-13/h1-9,16,24H,10H2,(H,23,29)(H,27,28)/t16-/m0/s1. The molecule has 29 heavy (non-hydrogen) atoms. The minimum atomic E-state index is -1.13. The lowest BCUT2D eigenvalue weighted by Crippen LogP contribution is -2.30. The summed E-state index contributed by atoms with van der Waals surface area (Å²) in [6, 6.07) is 13.5. The average Bonchev–Trinajstić information content (AvgIpc) is 3.09. The average molecular weight is 394 g/mol. The topological polar surface area (TPSA) is 128 Å². The van der Waals surface area contributed by atoms with Crippen LogP contribution < -0.4 is 10.9 Å². The van der Waals surface area contributed by atoms with E-state index in [4.69, 9.17) is 10.4 Å². The summed E-state index contributed by atoms with van der Waals surface area (Å²) >= 11 is 0. The monoisotopic (exact) mass is 394 g/mol. The molecule has 1 heterocycles. The van der Waals surface area contributed by atoms with Gasteiger partial charge in [-0.2, -0.15) is 5.26 Å². The number of H-pyrrole nitrogens is 1. The van der Waals surface area contributed by atoms with E-state index >= 15 is 0 Å². The van der Waals surface area contributed by atoms with Crippen molar-refractivity contribution in [3.63, 3.8) is 0 Å². The Balaban J connectivity index is 1.86. The molecule has 0 spiro atoms. The van der Waals surface area contributed by atoms with Crippen molar-refractivity contribution >= 4 is 11.9 Å². The summed E-state index contributed by atoms with van der Waals surface area (Å²) in [5.74, 6) is -2.38. The van der Waals surface area contributed by atoms with Gasteiger partial charge in [-0.05, 0) is 35.9 Å². The van der Waals surface area contributed by atoms with Crippen LogP contribution in [0.5, 0.6) is 0 Å². The minimum Gasteiger partial charge on any atom is -0.481 e. The first-order chi connectivity index (χ1) is 13.9. The predicted molar refractivity (Wildman–Crippen MR) is 100.0 cm³/mol. The van der Waals surface area contributed by atoms with Crippen molar-refractivity contribution in [2.24, 2.45) is 0 Å². The summed E-state index contributed by atoms with van der Waals surface area (Å²) in [6.07, 6.45) is -0.396. The maximum Gasteiger partial charge on any atom is 0.305 e. The number of aromatic amines is 1. The minimum absolute atomic E-state index is 0.108. The lowest BCUT2D eigenvalue weighted by molar-refractivity contribution is -0.137. The Morgan fingerprint density at radius 3 is 2.55 bits per heavy atom. The molecule has 3 N–H and O–H groups in total. The number of carboxylic acid groups (broad SMARTS) is 1. The fourth-order valence-corrected chi connectivity index (χ4v) is 2.77. The summed E-state index contributed by atoms with van der Waals surface area (Å²) in [5.41, 5.74) is 0.415. The largest absolute Gasteiger partial charge is 0.481 e. The molecule has 3 rings (SSSR count). The van der Waals surface area contributed by atoms with Gasteiger partial charge in [-0.15, -0.1) is 0 Å². The third-order valence-electron chi connectivity index (χ3n) is 4.16. The van der Waals surface area contributed by atoms with Gasteiger partial charge in [-0.3, -0.25) is 19.5 Å². The number of carbonyl (C=O) groups is 2. The molecule has 8 nitrogen and oxygen atoms in total. The van der Waals surface area contributed by atoms with E-state index in [1.165, 1.54) is 30.3 Å².